The number of carbonyl (C=O) groups is 2. The molecule has 0 spiro atoms. The van der Waals surface area contributed by atoms with E-state index in [1.807, 2.05) is 0 Å². The number of aliphatic carboxylic acids is 1. The van der Waals surface area contributed by atoms with E-state index in [9.17, 15) is 9.59 Å². The average Bonchev–Trinajstić information content (AvgIpc) is 1.97. The first-order valence-electron chi connectivity index (χ1n) is 3.64. The minimum absolute atomic E-state index is 0.406. The van der Waals surface area contributed by atoms with Crippen LogP contribution >= 0.6 is 0 Å². The number of esters is 1. The summed E-state index contributed by atoms with van der Waals surface area (Å²) in [6, 6.07) is 0. The molecule has 0 aliphatic rings. The Bertz CT molecular complexity index is 195. The Hall–Kier alpha value is -1.32. The normalized spacial score (nSPS) is 12.8. The van der Waals surface area contributed by atoms with Crippen molar-refractivity contribution in [3.8, 4) is 0 Å². The van der Waals surface area contributed by atoms with Crippen molar-refractivity contribution < 1.29 is 19.4 Å². The summed E-state index contributed by atoms with van der Waals surface area (Å²) in [6.07, 6.45) is 2.46. The highest BCUT2D eigenvalue weighted by atomic mass is 16.5. The van der Waals surface area contributed by atoms with Gasteiger partial charge in [0, 0.05) is 13.0 Å². The number of carboxylic acid groups (broad SMARTS) is 1. The van der Waals surface area contributed by atoms with E-state index in [2.05, 4.69) is 0 Å². The maximum absolute atomic E-state index is 10.5. The second-order valence-electron chi connectivity index (χ2n) is 2.25. The third-order valence-electron chi connectivity index (χ3n) is 1.17. The lowest BCUT2D eigenvalue weighted by atomic mass is 10.2. The summed E-state index contributed by atoms with van der Waals surface area (Å²) >= 11 is 0. The number of hydrogen-bond donors (Lipinski definition) is 1. The predicted octanol–water partition coefficient (Wildman–Crippen LogP) is 0.969. The van der Waals surface area contributed by atoms with E-state index in [0.717, 1.165) is 6.08 Å². The highest BCUT2D eigenvalue weighted by molar-refractivity contribution is 5.79. The molecule has 0 radical (unpaired) electrons. The van der Waals surface area contributed by atoms with Crippen molar-refractivity contribution in [2.24, 2.45) is 0 Å². The van der Waals surface area contributed by atoms with Crippen LogP contribution in [0, 0.1) is 0 Å². The van der Waals surface area contributed by atoms with Crippen LogP contribution in [0.3, 0.4) is 0 Å². The lowest BCUT2D eigenvalue weighted by Crippen LogP contribution is -2.12. The molecule has 0 aromatic heterocycles. The maximum atomic E-state index is 10.5. The molecule has 0 aromatic carbocycles. The molecule has 0 amide bonds. The van der Waals surface area contributed by atoms with Gasteiger partial charge in [-0.2, -0.15) is 0 Å². The largest absolute Gasteiger partial charge is 0.478 e. The number of carboxylic acids is 1. The summed E-state index contributed by atoms with van der Waals surface area (Å²) in [5, 5.41) is 8.26. The van der Waals surface area contributed by atoms with Crippen molar-refractivity contribution in [2.75, 3.05) is 0 Å². The maximum Gasteiger partial charge on any atom is 0.328 e. The van der Waals surface area contributed by atoms with Crippen LogP contribution in [0.25, 0.3) is 0 Å². The van der Waals surface area contributed by atoms with Gasteiger partial charge < -0.3 is 9.84 Å². The van der Waals surface area contributed by atoms with Crippen LogP contribution < -0.4 is 0 Å². The van der Waals surface area contributed by atoms with Gasteiger partial charge in [0.15, 0.2) is 0 Å². The number of carbonyl (C=O) groups excluding carboxylic acids is 1. The summed E-state index contributed by atoms with van der Waals surface area (Å²) in [5.41, 5.74) is 0. The quantitative estimate of drug-likeness (QED) is 0.507. The summed E-state index contributed by atoms with van der Waals surface area (Å²) in [4.78, 5) is 20.5. The van der Waals surface area contributed by atoms with E-state index in [-0.39, 0.29) is 0 Å². The van der Waals surface area contributed by atoms with Crippen molar-refractivity contribution in [2.45, 2.75) is 26.4 Å². The van der Waals surface area contributed by atoms with Crippen molar-refractivity contribution in [3.05, 3.63) is 12.2 Å². The molecule has 0 rings (SSSR count). The Morgan fingerprint density at radius 1 is 1.58 bits per heavy atom. The van der Waals surface area contributed by atoms with Crippen LogP contribution in [0.2, 0.25) is 0 Å². The first kappa shape index (κ1) is 10.7. The molecule has 1 atom stereocenters. The third-order valence-corrected chi connectivity index (χ3v) is 1.17. The summed E-state index contributed by atoms with van der Waals surface area (Å²) in [7, 11) is 0. The number of ether oxygens (including phenoxy) is 1. The van der Waals surface area contributed by atoms with E-state index in [4.69, 9.17) is 9.84 Å². The molecular weight excluding hydrogens is 160 g/mol. The van der Waals surface area contributed by atoms with Gasteiger partial charge in [-0.05, 0) is 12.5 Å². The molecule has 0 aliphatic carbocycles. The molecule has 1 N–H and O–H groups in total. The molecule has 0 aliphatic heterocycles. The van der Waals surface area contributed by atoms with Crippen LogP contribution in [0.15, 0.2) is 12.2 Å². The second-order valence-corrected chi connectivity index (χ2v) is 2.25. The van der Waals surface area contributed by atoms with Crippen molar-refractivity contribution >= 4 is 11.9 Å². The summed E-state index contributed by atoms with van der Waals surface area (Å²) in [5.74, 6) is -1.45. The topological polar surface area (TPSA) is 63.6 Å². The molecule has 4 nitrogen and oxygen atoms in total. The Labute approximate surface area is 70.8 Å². The standard InChI is InChI=1S/C8H12O4/c1-3-7(12-6(2)9)4-5-8(10)11/h4-5,7H,3H2,1-2H3,(H,10,11)/b5-4+. The predicted molar refractivity (Wildman–Crippen MR) is 42.6 cm³/mol. The van der Waals surface area contributed by atoms with Crippen molar-refractivity contribution in [3.63, 3.8) is 0 Å². The highest BCUT2D eigenvalue weighted by Gasteiger charge is 2.04. The fraction of sp³-hybridized carbons (Fsp3) is 0.500. The van der Waals surface area contributed by atoms with Crippen molar-refractivity contribution in [1.82, 2.24) is 0 Å². The van der Waals surface area contributed by atoms with Crippen molar-refractivity contribution in [1.29, 1.82) is 0 Å². The zero-order valence-corrected chi connectivity index (χ0v) is 7.11. The zero-order valence-electron chi connectivity index (χ0n) is 7.11. The fourth-order valence-electron chi connectivity index (χ4n) is 0.662. The molecule has 12 heavy (non-hydrogen) atoms. The van der Waals surface area contributed by atoms with Gasteiger partial charge in [-0.25, -0.2) is 4.79 Å². The van der Waals surface area contributed by atoms with Gasteiger partial charge in [-0.1, -0.05) is 6.92 Å². The first-order valence-corrected chi connectivity index (χ1v) is 3.64. The van der Waals surface area contributed by atoms with E-state index in [0.29, 0.717) is 6.42 Å². The van der Waals surface area contributed by atoms with Crippen LogP contribution in [0.1, 0.15) is 20.3 Å². The van der Waals surface area contributed by atoms with Gasteiger partial charge in [0.05, 0.1) is 0 Å². The Morgan fingerprint density at radius 2 is 2.17 bits per heavy atom. The molecule has 0 heterocycles. The third kappa shape index (κ3) is 5.46. The molecule has 1 unspecified atom stereocenters. The van der Waals surface area contributed by atoms with E-state index >= 15 is 0 Å². The second kappa shape index (κ2) is 5.35. The lowest BCUT2D eigenvalue weighted by molar-refractivity contribution is -0.144. The minimum atomic E-state index is -1.04. The molecule has 0 bridgehead atoms. The fourth-order valence-corrected chi connectivity index (χ4v) is 0.662. The molecule has 0 saturated carbocycles. The molecule has 0 fully saturated rings. The van der Waals surface area contributed by atoms with Gasteiger partial charge in [0.25, 0.3) is 0 Å². The zero-order chi connectivity index (χ0) is 9.56. The van der Waals surface area contributed by atoms with Crippen LogP contribution in [-0.4, -0.2) is 23.1 Å². The van der Waals surface area contributed by atoms with Crippen LogP contribution in [0.4, 0.5) is 0 Å². The minimum Gasteiger partial charge on any atom is -0.478 e. The highest BCUT2D eigenvalue weighted by Crippen LogP contribution is 1.99. The Balaban J connectivity index is 3.99. The van der Waals surface area contributed by atoms with Crippen LogP contribution in [-0.2, 0) is 14.3 Å². The van der Waals surface area contributed by atoms with E-state index in [1.165, 1.54) is 13.0 Å². The smallest absolute Gasteiger partial charge is 0.328 e. The number of rotatable bonds is 4. The van der Waals surface area contributed by atoms with Gasteiger partial charge in [-0.3, -0.25) is 4.79 Å². The molecule has 4 heteroatoms. The van der Waals surface area contributed by atoms with Gasteiger partial charge in [0.1, 0.15) is 6.10 Å². The summed E-state index contributed by atoms with van der Waals surface area (Å²) in [6.45, 7) is 3.09. The SMILES string of the molecule is CCC(/C=C/C(=O)O)OC(C)=O. The average molecular weight is 172 g/mol. The Kier molecular flexibility index (Phi) is 4.76. The van der Waals surface area contributed by atoms with Crippen LogP contribution in [0.5, 0.6) is 0 Å². The number of hydrogen-bond acceptors (Lipinski definition) is 3. The van der Waals surface area contributed by atoms with E-state index < -0.39 is 18.0 Å². The first-order chi connectivity index (χ1) is 5.56. The molecule has 0 saturated heterocycles. The molecule has 68 valence electrons. The molecule has 0 aromatic rings. The lowest BCUT2D eigenvalue weighted by Gasteiger charge is -2.08. The van der Waals surface area contributed by atoms with E-state index in [1.54, 1.807) is 6.92 Å². The summed E-state index contributed by atoms with van der Waals surface area (Å²) < 4.78 is 4.76. The van der Waals surface area contributed by atoms with Gasteiger partial charge in [-0.15, -0.1) is 0 Å². The van der Waals surface area contributed by atoms with Gasteiger partial charge >= 0.3 is 11.9 Å². The van der Waals surface area contributed by atoms with Gasteiger partial charge in [0.2, 0.25) is 0 Å². The monoisotopic (exact) mass is 172 g/mol. The molecular formula is C8H12O4. The Morgan fingerprint density at radius 3 is 2.50 bits per heavy atom.